The van der Waals surface area contributed by atoms with Gasteiger partial charge in [0, 0.05) is 12.6 Å². The Morgan fingerprint density at radius 2 is 2.15 bits per heavy atom. The SMILES string of the molecule is COC(=O)CN(C)C(=O)c1ccc(C#CCO)cc1F. The molecule has 1 aromatic rings. The summed E-state index contributed by atoms with van der Waals surface area (Å²) in [6.45, 7) is -0.592. The molecule has 1 aromatic carbocycles. The van der Waals surface area contributed by atoms with E-state index in [4.69, 9.17) is 5.11 Å². The second kappa shape index (κ2) is 7.26. The van der Waals surface area contributed by atoms with Crippen molar-refractivity contribution in [3.8, 4) is 11.8 Å². The van der Waals surface area contributed by atoms with Crippen LogP contribution in [0.15, 0.2) is 18.2 Å². The molecule has 20 heavy (non-hydrogen) atoms. The maximum atomic E-state index is 13.8. The summed E-state index contributed by atoms with van der Waals surface area (Å²) in [5.74, 6) is 2.95. The first-order valence-corrected chi connectivity index (χ1v) is 5.71. The topological polar surface area (TPSA) is 66.8 Å². The summed E-state index contributed by atoms with van der Waals surface area (Å²) < 4.78 is 18.2. The third-order valence-corrected chi connectivity index (χ3v) is 2.45. The monoisotopic (exact) mass is 279 g/mol. The van der Waals surface area contributed by atoms with Crippen LogP contribution in [0.2, 0.25) is 0 Å². The van der Waals surface area contributed by atoms with Gasteiger partial charge in [-0.05, 0) is 18.2 Å². The normalized spacial score (nSPS) is 9.40. The molecule has 0 saturated carbocycles. The molecule has 0 aromatic heterocycles. The molecule has 0 aliphatic rings. The molecular formula is C14H14FNO4. The summed E-state index contributed by atoms with van der Waals surface area (Å²) >= 11 is 0. The van der Waals surface area contributed by atoms with Crippen LogP contribution in [0.1, 0.15) is 15.9 Å². The van der Waals surface area contributed by atoms with E-state index in [1.54, 1.807) is 0 Å². The van der Waals surface area contributed by atoms with Crippen molar-refractivity contribution in [3.05, 3.63) is 35.1 Å². The maximum Gasteiger partial charge on any atom is 0.325 e. The number of halogens is 1. The molecule has 5 nitrogen and oxygen atoms in total. The van der Waals surface area contributed by atoms with Crippen LogP contribution in [0.4, 0.5) is 4.39 Å². The zero-order chi connectivity index (χ0) is 15.1. The number of rotatable bonds is 3. The first kappa shape index (κ1) is 15.7. The van der Waals surface area contributed by atoms with Gasteiger partial charge >= 0.3 is 5.97 Å². The Hall–Kier alpha value is -2.39. The molecule has 1 rings (SSSR count). The van der Waals surface area contributed by atoms with Gasteiger partial charge in [-0.1, -0.05) is 11.8 Å². The van der Waals surface area contributed by atoms with Crippen molar-refractivity contribution >= 4 is 11.9 Å². The van der Waals surface area contributed by atoms with E-state index >= 15 is 0 Å². The van der Waals surface area contributed by atoms with Crippen LogP contribution in [-0.2, 0) is 9.53 Å². The highest BCUT2D eigenvalue weighted by atomic mass is 19.1. The molecule has 0 spiro atoms. The number of nitrogens with zero attached hydrogens (tertiary/aromatic N) is 1. The average Bonchev–Trinajstić information content (AvgIpc) is 2.44. The van der Waals surface area contributed by atoms with E-state index in [-0.39, 0.29) is 18.7 Å². The molecule has 0 aliphatic heterocycles. The average molecular weight is 279 g/mol. The fourth-order valence-corrected chi connectivity index (χ4v) is 1.44. The number of methoxy groups -OCH3 is 1. The zero-order valence-electron chi connectivity index (χ0n) is 11.1. The van der Waals surface area contributed by atoms with Crippen LogP contribution in [0.25, 0.3) is 0 Å². The van der Waals surface area contributed by atoms with E-state index in [9.17, 15) is 14.0 Å². The molecule has 0 aliphatic carbocycles. The summed E-state index contributed by atoms with van der Waals surface area (Å²) in [6, 6.07) is 3.85. The van der Waals surface area contributed by atoms with Crippen LogP contribution < -0.4 is 0 Å². The van der Waals surface area contributed by atoms with Gasteiger partial charge in [0.25, 0.3) is 5.91 Å². The molecule has 1 amide bonds. The van der Waals surface area contributed by atoms with Gasteiger partial charge in [0.05, 0.1) is 12.7 Å². The Kier molecular flexibility index (Phi) is 5.69. The molecule has 0 saturated heterocycles. The van der Waals surface area contributed by atoms with E-state index in [1.807, 2.05) is 0 Å². The van der Waals surface area contributed by atoms with Crippen molar-refractivity contribution in [2.45, 2.75) is 0 Å². The smallest absolute Gasteiger partial charge is 0.325 e. The number of likely N-dealkylation sites (N-methyl/N-ethyl adjacent to an activating group) is 1. The minimum Gasteiger partial charge on any atom is -0.468 e. The zero-order valence-corrected chi connectivity index (χ0v) is 11.1. The van der Waals surface area contributed by atoms with Crippen LogP contribution in [0, 0.1) is 17.7 Å². The van der Waals surface area contributed by atoms with E-state index < -0.39 is 17.7 Å². The first-order valence-electron chi connectivity index (χ1n) is 5.71. The standard InChI is InChI=1S/C14H14FNO4/c1-16(9-13(18)20-2)14(19)11-6-5-10(4-3-7-17)8-12(11)15/h5-6,8,17H,7,9H2,1-2H3. The van der Waals surface area contributed by atoms with Gasteiger partial charge in [-0.3, -0.25) is 9.59 Å². The fraction of sp³-hybridized carbons (Fsp3) is 0.286. The van der Waals surface area contributed by atoms with E-state index in [2.05, 4.69) is 16.6 Å². The fourth-order valence-electron chi connectivity index (χ4n) is 1.44. The predicted molar refractivity (Wildman–Crippen MR) is 69.3 cm³/mol. The van der Waals surface area contributed by atoms with Gasteiger partial charge < -0.3 is 14.7 Å². The van der Waals surface area contributed by atoms with E-state index in [0.29, 0.717) is 5.56 Å². The highest BCUT2D eigenvalue weighted by Gasteiger charge is 2.18. The minimum atomic E-state index is -0.739. The Morgan fingerprint density at radius 3 is 2.70 bits per heavy atom. The highest BCUT2D eigenvalue weighted by Crippen LogP contribution is 2.12. The van der Waals surface area contributed by atoms with Gasteiger partial charge in [-0.2, -0.15) is 0 Å². The Bertz CT molecular complexity index is 574. The lowest BCUT2D eigenvalue weighted by Crippen LogP contribution is -2.33. The first-order chi connectivity index (χ1) is 9.49. The molecular weight excluding hydrogens is 265 g/mol. The summed E-state index contributed by atoms with van der Waals surface area (Å²) in [5, 5.41) is 8.55. The number of esters is 1. The summed E-state index contributed by atoms with van der Waals surface area (Å²) in [5.41, 5.74) is 0.190. The van der Waals surface area contributed by atoms with Crippen LogP contribution in [-0.4, -0.2) is 49.2 Å². The third-order valence-electron chi connectivity index (χ3n) is 2.45. The number of ether oxygens (including phenoxy) is 1. The molecule has 0 unspecified atom stereocenters. The number of carbonyl (C=O) groups is 2. The molecule has 0 atom stereocenters. The predicted octanol–water partition coefficient (Wildman–Crippen LogP) is 0.415. The van der Waals surface area contributed by atoms with Crippen LogP contribution in [0.5, 0.6) is 0 Å². The quantitative estimate of drug-likeness (QED) is 0.643. The number of hydrogen-bond donors (Lipinski definition) is 1. The van der Waals surface area contributed by atoms with Gasteiger partial charge in [0.1, 0.15) is 19.0 Å². The number of aliphatic hydroxyl groups excluding tert-OH is 1. The van der Waals surface area contributed by atoms with E-state index in [1.165, 1.54) is 26.3 Å². The Labute approximate surface area is 116 Å². The number of hydrogen-bond acceptors (Lipinski definition) is 4. The molecule has 0 heterocycles. The number of amides is 1. The molecule has 0 radical (unpaired) electrons. The van der Waals surface area contributed by atoms with Crippen molar-refractivity contribution in [2.75, 3.05) is 27.3 Å². The second-order valence-corrected chi connectivity index (χ2v) is 3.89. The van der Waals surface area contributed by atoms with Crippen molar-refractivity contribution in [1.29, 1.82) is 0 Å². The largest absolute Gasteiger partial charge is 0.468 e. The lowest BCUT2D eigenvalue weighted by atomic mass is 10.1. The van der Waals surface area contributed by atoms with E-state index in [0.717, 1.165) is 11.0 Å². The van der Waals surface area contributed by atoms with Gasteiger partial charge in [-0.25, -0.2) is 4.39 Å². The number of aliphatic hydroxyl groups is 1. The van der Waals surface area contributed by atoms with Crippen molar-refractivity contribution in [3.63, 3.8) is 0 Å². The highest BCUT2D eigenvalue weighted by molar-refractivity contribution is 5.96. The summed E-state index contributed by atoms with van der Waals surface area (Å²) in [7, 11) is 2.58. The number of benzene rings is 1. The Morgan fingerprint density at radius 1 is 1.45 bits per heavy atom. The van der Waals surface area contributed by atoms with Gasteiger partial charge in [0.15, 0.2) is 0 Å². The maximum absolute atomic E-state index is 13.8. The third kappa shape index (κ3) is 4.07. The summed E-state index contributed by atoms with van der Waals surface area (Å²) in [6.07, 6.45) is 0. The molecule has 1 N–H and O–H groups in total. The molecule has 0 fully saturated rings. The van der Waals surface area contributed by atoms with Gasteiger partial charge in [0.2, 0.25) is 0 Å². The molecule has 6 heteroatoms. The molecule has 106 valence electrons. The van der Waals surface area contributed by atoms with Crippen molar-refractivity contribution in [1.82, 2.24) is 4.90 Å². The summed E-state index contributed by atoms with van der Waals surface area (Å²) in [4.78, 5) is 24.1. The Balaban J connectivity index is 2.91. The van der Waals surface area contributed by atoms with Gasteiger partial charge in [-0.15, -0.1) is 0 Å². The minimum absolute atomic E-state index is 0.161. The van der Waals surface area contributed by atoms with Crippen molar-refractivity contribution in [2.24, 2.45) is 0 Å². The lowest BCUT2D eigenvalue weighted by Gasteiger charge is -2.16. The lowest BCUT2D eigenvalue weighted by molar-refractivity contribution is -0.141. The van der Waals surface area contributed by atoms with Crippen molar-refractivity contribution < 1.29 is 23.8 Å². The molecule has 0 bridgehead atoms. The second-order valence-electron chi connectivity index (χ2n) is 3.89. The number of carbonyl (C=O) groups excluding carboxylic acids is 2. The van der Waals surface area contributed by atoms with Crippen LogP contribution >= 0.6 is 0 Å². The van der Waals surface area contributed by atoms with Crippen LogP contribution in [0.3, 0.4) is 0 Å².